The molecule has 0 saturated carbocycles. The van der Waals surface area contributed by atoms with Crippen LogP contribution in [0.15, 0.2) is 29.3 Å². The Balaban J connectivity index is 1.43. The number of nitrogens with zero attached hydrogens (tertiary/aromatic N) is 5. The number of hydrogen-bond donors (Lipinski definition) is 4. The Kier molecular flexibility index (Phi) is 7.55. The van der Waals surface area contributed by atoms with Gasteiger partial charge in [-0.15, -0.1) is 0 Å². The first-order chi connectivity index (χ1) is 18.1. The number of likely N-dealkylation sites (tertiary alicyclic amines) is 1. The molecule has 1 atom stereocenters. The highest BCUT2D eigenvalue weighted by Crippen LogP contribution is 2.40. The van der Waals surface area contributed by atoms with Crippen LogP contribution in [0.2, 0.25) is 0 Å². The Labute approximate surface area is 221 Å². The molecule has 4 rings (SSSR count). The standard InChI is InChI=1S/C26H31N9O3/c1-26(2,3)38-25(36)35-10-8-17(9-11-35)37-13-15-4-6-16(7-5-15)21-19-20(29)18(12-27)22(30)33-23(19)34-24(32-21)31-14-28/h4-7,17,21H,8-11,13H2,1-3H3,(H6,29,30,31,32,33,34). The van der Waals surface area contributed by atoms with Crippen LogP contribution in [0.5, 0.6) is 0 Å². The SMILES string of the molecule is CC(C)(C)OC(=O)N1CCC(OCc2ccc(C3N=C(NC#N)Nc4nc(N)c(C#N)c(N)c43)cc2)CC1. The van der Waals surface area contributed by atoms with Gasteiger partial charge in [-0.1, -0.05) is 24.3 Å². The predicted octanol–water partition coefficient (Wildman–Crippen LogP) is 2.98. The number of amides is 1. The summed E-state index contributed by atoms with van der Waals surface area (Å²) in [6, 6.07) is 9.07. The third-order valence-corrected chi connectivity index (χ3v) is 6.23. The van der Waals surface area contributed by atoms with E-state index >= 15 is 0 Å². The summed E-state index contributed by atoms with van der Waals surface area (Å²) in [5.41, 5.74) is 14.2. The summed E-state index contributed by atoms with van der Waals surface area (Å²) in [5.74, 6) is 0.533. The normalized spacial score (nSPS) is 17.3. The maximum absolute atomic E-state index is 12.3. The lowest BCUT2D eigenvalue weighted by molar-refractivity contribution is -0.0170. The summed E-state index contributed by atoms with van der Waals surface area (Å²) in [6.45, 7) is 7.18. The average molecular weight is 518 g/mol. The van der Waals surface area contributed by atoms with Crippen LogP contribution in [0.4, 0.5) is 22.1 Å². The Hall–Kier alpha value is -4.55. The molecular weight excluding hydrogens is 486 g/mol. The number of fused-ring (bicyclic) bond motifs is 1. The number of carbonyl (C=O) groups excluding carboxylic acids is 1. The van der Waals surface area contributed by atoms with E-state index in [2.05, 4.69) is 20.6 Å². The molecule has 1 unspecified atom stereocenters. The number of hydrogen-bond acceptors (Lipinski definition) is 11. The van der Waals surface area contributed by atoms with Gasteiger partial charge in [0.2, 0.25) is 5.96 Å². The van der Waals surface area contributed by atoms with E-state index in [0.29, 0.717) is 31.1 Å². The summed E-state index contributed by atoms with van der Waals surface area (Å²) >= 11 is 0. The molecule has 3 heterocycles. The zero-order valence-electron chi connectivity index (χ0n) is 21.6. The molecule has 12 heteroatoms. The third-order valence-electron chi connectivity index (χ3n) is 6.23. The van der Waals surface area contributed by atoms with Crippen molar-refractivity contribution in [3.63, 3.8) is 0 Å². The number of aliphatic imine (C=N–C) groups is 1. The van der Waals surface area contributed by atoms with Crippen molar-refractivity contribution in [2.45, 2.75) is 58.0 Å². The van der Waals surface area contributed by atoms with Crippen LogP contribution in [0.3, 0.4) is 0 Å². The zero-order chi connectivity index (χ0) is 27.4. The van der Waals surface area contributed by atoms with Gasteiger partial charge in [0, 0.05) is 18.7 Å². The molecule has 1 saturated heterocycles. The smallest absolute Gasteiger partial charge is 0.410 e. The number of ether oxygens (including phenoxy) is 2. The lowest BCUT2D eigenvalue weighted by Crippen LogP contribution is -2.43. The molecule has 1 fully saturated rings. The molecule has 12 nitrogen and oxygen atoms in total. The molecule has 0 spiro atoms. The van der Waals surface area contributed by atoms with Crippen molar-refractivity contribution >= 4 is 29.4 Å². The first kappa shape index (κ1) is 26.5. The van der Waals surface area contributed by atoms with E-state index in [1.807, 2.05) is 57.3 Å². The third kappa shape index (κ3) is 5.88. The van der Waals surface area contributed by atoms with Crippen molar-refractivity contribution in [1.82, 2.24) is 15.2 Å². The van der Waals surface area contributed by atoms with Crippen LogP contribution >= 0.6 is 0 Å². The molecule has 2 aliphatic rings. The fraction of sp³-hybridized carbons (Fsp3) is 0.423. The van der Waals surface area contributed by atoms with Gasteiger partial charge in [0.25, 0.3) is 0 Å². The van der Waals surface area contributed by atoms with Gasteiger partial charge in [0.05, 0.1) is 18.4 Å². The molecule has 1 aromatic heterocycles. The van der Waals surface area contributed by atoms with Crippen LogP contribution in [0, 0.1) is 22.8 Å². The number of anilines is 3. The molecule has 2 aromatic rings. The van der Waals surface area contributed by atoms with Crippen LogP contribution in [-0.2, 0) is 16.1 Å². The zero-order valence-corrected chi connectivity index (χ0v) is 21.6. The minimum Gasteiger partial charge on any atom is -0.444 e. The van der Waals surface area contributed by atoms with Gasteiger partial charge in [-0.25, -0.2) is 14.8 Å². The van der Waals surface area contributed by atoms with Gasteiger partial charge < -0.3 is 31.2 Å². The quantitative estimate of drug-likeness (QED) is 0.347. The Bertz CT molecular complexity index is 1310. The summed E-state index contributed by atoms with van der Waals surface area (Å²) in [4.78, 5) is 22.8. The van der Waals surface area contributed by atoms with Crippen LogP contribution in [-0.4, -0.2) is 46.7 Å². The summed E-state index contributed by atoms with van der Waals surface area (Å²) in [5, 5.41) is 23.9. The van der Waals surface area contributed by atoms with Gasteiger partial charge in [-0.3, -0.25) is 5.32 Å². The van der Waals surface area contributed by atoms with E-state index < -0.39 is 11.6 Å². The maximum atomic E-state index is 12.3. The minimum absolute atomic E-state index is 0.00219. The number of rotatable bonds is 4. The molecule has 0 radical (unpaired) electrons. The number of nitrogen functional groups attached to an aromatic ring is 2. The largest absolute Gasteiger partial charge is 0.444 e. The highest BCUT2D eigenvalue weighted by molar-refractivity contribution is 5.98. The van der Waals surface area contributed by atoms with Gasteiger partial charge in [-0.05, 0) is 44.7 Å². The molecule has 1 amide bonds. The van der Waals surface area contributed by atoms with E-state index in [1.54, 1.807) is 4.90 Å². The van der Waals surface area contributed by atoms with Crippen molar-refractivity contribution in [3.8, 4) is 12.3 Å². The number of carbonyl (C=O) groups is 1. The summed E-state index contributed by atoms with van der Waals surface area (Å²) in [7, 11) is 0. The Morgan fingerprint density at radius 2 is 1.89 bits per heavy atom. The van der Waals surface area contributed by atoms with Crippen molar-refractivity contribution in [2.24, 2.45) is 4.99 Å². The molecular formula is C26H31N9O3. The Morgan fingerprint density at radius 3 is 2.50 bits per heavy atom. The number of benzene rings is 1. The highest BCUT2D eigenvalue weighted by atomic mass is 16.6. The van der Waals surface area contributed by atoms with E-state index in [0.717, 1.165) is 24.0 Å². The van der Waals surface area contributed by atoms with Gasteiger partial charge >= 0.3 is 6.09 Å². The second-order valence-electron chi connectivity index (χ2n) is 10.1. The lowest BCUT2D eigenvalue weighted by atomic mass is 9.94. The number of piperidine rings is 1. The fourth-order valence-corrected chi connectivity index (χ4v) is 4.36. The van der Waals surface area contributed by atoms with Crippen LogP contribution in [0.25, 0.3) is 0 Å². The summed E-state index contributed by atoms with van der Waals surface area (Å²) < 4.78 is 11.6. The molecule has 1 aromatic carbocycles. The van der Waals surface area contributed by atoms with Crippen molar-refractivity contribution in [3.05, 3.63) is 46.5 Å². The number of nitriles is 2. The minimum atomic E-state index is -0.602. The first-order valence-electron chi connectivity index (χ1n) is 12.3. The van der Waals surface area contributed by atoms with Crippen molar-refractivity contribution < 1.29 is 14.3 Å². The van der Waals surface area contributed by atoms with Crippen LogP contribution < -0.4 is 22.1 Å². The highest BCUT2D eigenvalue weighted by Gasteiger charge is 2.30. The van der Waals surface area contributed by atoms with Gasteiger partial charge in [0.15, 0.2) is 6.19 Å². The number of guanidine groups is 1. The second kappa shape index (κ2) is 10.8. The molecule has 0 bridgehead atoms. The van der Waals surface area contributed by atoms with Crippen molar-refractivity contribution in [1.29, 1.82) is 10.5 Å². The van der Waals surface area contributed by atoms with Gasteiger partial charge in [0.1, 0.15) is 34.9 Å². The number of nitrogens with one attached hydrogen (secondary N) is 2. The second-order valence-corrected chi connectivity index (χ2v) is 10.1. The van der Waals surface area contributed by atoms with Crippen LogP contribution in [0.1, 0.15) is 61.9 Å². The van der Waals surface area contributed by atoms with Crippen molar-refractivity contribution in [2.75, 3.05) is 29.9 Å². The number of pyridine rings is 1. The lowest BCUT2D eigenvalue weighted by Gasteiger charge is -2.33. The van der Waals surface area contributed by atoms with E-state index in [9.17, 15) is 10.1 Å². The fourth-order valence-electron chi connectivity index (χ4n) is 4.36. The number of aromatic nitrogens is 1. The number of nitrogens with two attached hydrogens (primary N) is 2. The molecule has 0 aliphatic carbocycles. The van der Waals surface area contributed by atoms with Gasteiger partial charge in [-0.2, -0.15) is 10.5 Å². The predicted molar refractivity (Wildman–Crippen MR) is 141 cm³/mol. The molecule has 2 aliphatic heterocycles. The molecule has 38 heavy (non-hydrogen) atoms. The summed E-state index contributed by atoms with van der Waals surface area (Å²) in [6.07, 6.45) is 3.08. The molecule has 6 N–H and O–H groups in total. The van der Waals surface area contributed by atoms with E-state index in [1.165, 1.54) is 0 Å². The van der Waals surface area contributed by atoms with E-state index in [-0.39, 0.29) is 35.2 Å². The average Bonchev–Trinajstić information content (AvgIpc) is 2.87. The topological polar surface area (TPSA) is 188 Å². The molecule has 198 valence electrons. The Morgan fingerprint density at radius 1 is 1.21 bits per heavy atom. The monoisotopic (exact) mass is 517 g/mol. The maximum Gasteiger partial charge on any atom is 0.410 e. The first-order valence-corrected chi connectivity index (χ1v) is 12.3. The van der Waals surface area contributed by atoms with E-state index in [4.69, 9.17) is 26.2 Å².